The van der Waals surface area contributed by atoms with Crippen LogP contribution in [0.1, 0.15) is 43.5 Å². The number of fused-ring (bicyclic) bond motifs is 2. The van der Waals surface area contributed by atoms with E-state index in [-0.39, 0.29) is 30.7 Å². The molecule has 14 atom stereocenters. The number of piperidine rings is 1. The molecule has 1 aromatic carbocycles. The fourth-order valence-electron chi connectivity index (χ4n) is 12.4. The van der Waals surface area contributed by atoms with Gasteiger partial charge in [0.25, 0.3) is 0 Å². The highest BCUT2D eigenvalue weighted by molar-refractivity contribution is 5.89. The highest BCUT2D eigenvalue weighted by Gasteiger charge is 2.90. The second-order valence-electron chi connectivity index (χ2n) is 14.7. The van der Waals surface area contributed by atoms with Crippen molar-refractivity contribution < 1.29 is 53.0 Å². The molecule has 47 heavy (non-hydrogen) atoms. The van der Waals surface area contributed by atoms with Crippen molar-refractivity contribution >= 4 is 11.9 Å². The molecule has 7 bridgehead atoms. The van der Waals surface area contributed by atoms with Gasteiger partial charge < -0.3 is 43.4 Å². The number of carbonyl (C=O) groups is 2. The van der Waals surface area contributed by atoms with E-state index < -0.39 is 76.3 Å². The lowest BCUT2D eigenvalue weighted by Crippen LogP contribution is -2.79. The Kier molecular flexibility index (Phi) is 8.02. The summed E-state index contributed by atoms with van der Waals surface area (Å²) in [5.41, 5.74) is -3.89. The summed E-state index contributed by atoms with van der Waals surface area (Å²) in [5.74, 6) is -2.10. The van der Waals surface area contributed by atoms with E-state index in [9.17, 15) is 19.8 Å². The molecule has 0 unspecified atom stereocenters. The number of benzene rings is 1. The first-order valence-electron chi connectivity index (χ1n) is 16.7. The van der Waals surface area contributed by atoms with E-state index in [0.29, 0.717) is 37.4 Å². The number of likely N-dealkylation sites (tertiary alicyclic amines) is 1. The smallest absolute Gasteiger partial charge is 0.338 e. The molecule has 260 valence electrons. The first kappa shape index (κ1) is 33.2. The molecular weight excluding hydrogens is 610 g/mol. The summed E-state index contributed by atoms with van der Waals surface area (Å²) in [6.45, 7) is 5.04. The van der Waals surface area contributed by atoms with Crippen molar-refractivity contribution in [3.05, 3.63) is 29.8 Å². The molecule has 1 spiro atoms. The maximum atomic E-state index is 13.9. The molecule has 5 saturated carbocycles. The first-order chi connectivity index (χ1) is 22.5. The molecule has 1 aliphatic heterocycles. The zero-order chi connectivity index (χ0) is 33.7. The second-order valence-corrected chi connectivity index (χ2v) is 14.7. The Labute approximate surface area is 275 Å². The normalized spacial score (nSPS) is 47.4. The Morgan fingerprint density at radius 1 is 0.979 bits per heavy atom. The van der Waals surface area contributed by atoms with Gasteiger partial charge in [-0.25, -0.2) is 4.79 Å². The van der Waals surface area contributed by atoms with Gasteiger partial charge >= 0.3 is 11.9 Å². The van der Waals surface area contributed by atoms with Crippen LogP contribution in [0.5, 0.6) is 5.75 Å². The monoisotopic (exact) mass is 659 g/mol. The van der Waals surface area contributed by atoms with Crippen molar-refractivity contribution in [2.24, 2.45) is 34.5 Å². The lowest BCUT2D eigenvalue weighted by atomic mass is 9.42. The van der Waals surface area contributed by atoms with Crippen LogP contribution in [-0.4, -0.2) is 130 Å². The highest BCUT2D eigenvalue weighted by atomic mass is 16.6. The van der Waals surface area contributed by atoms with E-state index in [0.717, 1.165) is 0 Å². The summed E-state index contributed by atoms with van der Waals surface area (Å²) in [5, 5.41) is 24.8. The topological polar surface area (TPSA) is 142 Å². The van der Waals surface area contributed by atoms with Crippen molar-refractivity contribution in [1.29, 1.82) is 0 Å². The molecule has 1 saturated heterocycles. The summed E-state index contributed by atoms with van der Waals surface area (Å²) < 4.78 is 43.2. The Morgan fingerprint density at radius 3 is 2.26 bits per heavy atom. The molecule has 12 nitrogen and oxygen atoms in total. The van der Waals surface area contributed by atoms with Crippen LogP contribution in [-0.2, 0) is 33.2 Å². The number of nitrogens with zero attached hydrogens (tertiary/aromatic N) is 1. The van der Waals surface area contributed by atoms with Gasteiger partial charge in [0.2, 0.25) is 0 Å². The van der Waals surface area contributed by atoms with Crippen molar-refractivity contribution in [1.82, 2.24) is 4.90 Å². The predicted molar refractivity (Wildman–Crippen MR) is 166 cm³/mol. The van der Waals surface area contributed by atoms with Crippen molar-refractivity contribution in [3.8, 4) is 5.75 Å². The third-order valence-corrected chi connectivity index (χ3v) is 13.4. The van der Waals surface area contributed by atoms with Gasteiger partial charge in [0.1, 0.15) is 23.1 Å². The summed E-state index contributed by atoms with van der Waals surface area (Å²) in [4.78, 5) is 29.5. The lowest BCUT2D eigenvalue weighted by molar-refractivity contribution is -0.300. The molecule has 7 rings (SSSR count). The Balaban J connectivity index is 1.47. The van der Waals surface area contributed by atoms with Crippen molar-refractivity contribution in [2.45, 2.75) is 80.9 Å². The van der Waals surface area contributed by atoms with Crippen LogP contribution in [0.4, 0.5) is 0 Å². The van der Waals surface area contributed by atoms with E-state index in [1.54, 1.807) is 52.7 Å². The molecule has 0 radical (unpaired) electrons. The summed E-state index contributed by atoms with van der Waals surface area (Å²) in [6, 6.07) is 6.44. The summed E-state index contributed by atoms with van der Waals surface area (Å²) >= 11 is 0. The number of hydrogen-bond acceptors (Lipinski definition) is 12. The van der Waals surface area contributed by atoms with Gasteiger partial charge in [0.05, 0.1) is 43.7 Å². The number of ether oxygens (including phenoxy) is 7. The largest absolute Gasteiger partial charge is 0.497 e. The minimum atomic E-state index is -1.58. The first-order valence-corrected chi connectivity index (χ1v) is 16.7. The van der Waals surface area contributed by atoms with Crippen molar-refractivity contribution in [3.63, 3.8) is 0 Å². The molecule has 2 N–H and O–H groups in total. The van der Waals surface area contributed by atoms with Gasteiger partial charge in [0.15, 0.2) is 0 Å². The molecule has 1 aromatic rings. The van der Waals surface area contributed by atoms with Crippen LogP contribution in [0.25, 0.3) is 0 Å². The molecule has 0 aromatic heterocycles. The number of aliphatic hydroxyl groups is 2. The maximum absolute atomic E-state index is 13.9. The summed E-state index contributed by atoms with van der Waals surface area (Å²) in [7, 11) is 8.11. The average molecular weight is 660 g/mol. The minimum absolute atomic E-state index is 0.179. The van der Waals surface area contributed by atoms with E-state index >= 15 is 0 Å². The standard InChI is InChI=1S/C35H49NO11/c1-8-36-16-32(17-41-3)22(38)13-23(43-5)35-21-14-33(40)24(44-6)15-34(47-18(2)37,26(29(35)36)27(45-7)28(32)35)25(21)30(33)46-31(39)19-9-11-20(42-4)12-10-19/h9-12,21-30,38,40H,8,13-17H2,1-7H3/t21-,22-,23+,24+,25-,26+,27+,28-,29+,30-,32+,33+,34-,35+/m1/s1. The second kappa shape index (κ2) is 11.4. The third kappa shape index (κ3) is 4.00. The van der Waals surface area contributed by atoms with Crippen LogP contribution in [0.15, 0.2) is 24.3 Å². The third-order valence-electron chi connectivity index (χ3n) is 13.4. The Bertz CT molecular complexity index is 1390. The fraction of sp³-hybridized carbons (Fsp3) is 0.771. The zero-order valence-corrected chi connectivity index (χ0v) is 28.3. The highest BCUT2D eigenvalue weighted by Crippen LogP contribution is 2.80. The Hall–Kier alpha value is -2.32. The number of rotatable bonds is 10. The van der Waals surface area contributed by atoms with Crippen LogP contribution in [0.3, 0.4) is 0 Å². The van der Waals surface area contributed by atoms with Crippen LogP contribution >= 0.6 is 0 Å². The van der Waals surface area contributed by atoms with Gasteiger partial charge in [-0.2, -0.15) is 0 Å². The molecule has 6 fully saturated rings. The quantitative estimate of drug-likeness (QED) is 0.353. The van der Waals surface area contributed by atoms with E-state index in [1.807, 2.05) is 0 Å². The molecule has 0 amide bonds. The van der Waals surface area contributed by atoms with Gasteiger partial charge in [-0.3, -0.25) is 9.69 Å². The number of aliphatic hydroxyl groups excluding tert-OH is 1. The van der Waals surface area contributed by atoms with Crippen molar-refractivity contribution in [2.75, 3.05) is 55.2 Å². The van der Waals surface area contributed by atoms with E-state index in [1.165, 1.54) is 14.0 Å². The van der Waals surface area contributed by atoms with Gasteiger partial charge in [-0.05, 0) is 43.1 Å². The molecule has 6 aliphatic rings. The molecular formula is C35H49NO11. The van der Waals surface area contributed by atoms with Crippen LogP contribution < -0.4 is 4.74 Å². The minimum Gasteiger partial charge on any atom is -0.497 e. The number of carbonyl (C=O) groups excluding carboxylic acids is 2. The van der Waals surface area contributed by atoms with E-state index in [2.05, 4.69) is 11.8 Å². The molecule has 12 heteroatoms. The van der Waals surface area contributed by atoms with Crippen LogP contribution in [0, 0.1) is 34.5 Å². The van der Waals surface area contributed by atoms with Crippen LogP contribution in [0.2, 0.25) is 0 Å². The van der Waals surface area contributed by atoms with Gasteiger partial charge in [-0.15, -0.1) is 0 Å². The van der Waals surface area contributed by atoms with Gasteiger partial charge in [-0.1, -0.05) is 6.92 Å². The van der Waals surface area contributed by atoms with Gasteiger partial charge in [0, 0.05) is 89.4 Å². The van der Waals surface area contributed by atoms with E-state index in [4.69, 9.17) is 33.2 Å². The lowest BCUT2D eigenvalue weighted by Gasteiger charge is -2.70. The Morgan fingerprint density at radius 2 is 1.68 bits per heavy atom. The zero-order valence-electron chi connectivity index (χ0n) is 28.3. The predicted octanol–water partition coefficient (Wildman–Crippen LogP) is 1.69. The number of esters is 2. The molecule has 1 heterocycles. The number of methoxy groups -OCH3 is 5. The molecule has 5 aliphatic carbocycles. The maximum Gasteiger partial charge on any atom is 0.338 e. The number of hydrogen-bond donors (Lipinski definition) is 2. The summed E-state index contributed by atoms with van der Waals surface area (Å²) in [6.07, 6.45) is -2.70. The fourth-order valence-corrected chi connectivity index (χ4v) is 12.4. The SMILES string of the molecule is CCN1C[C@]2(COC)[C@H](O)C[C@H](OC)[C@@]34[C@@H]5C[C@]6(O)[C@@H](OC)C[C@@](OC(C)=O)([C@H]5[C@H]6OC(=O)c5ccc(OC)cc5)[C@@H]([C@H](OC)[C@H]23)[C@H]14. The average Bonchev–Trinajstić information content (AvgIpc) is 3.43.